The van der Waals surface area contributed by atoms with Crippen molar-refractivity contribution in [2.24, 2.45) is 17.8 Å². The maximum Gasteiger partial charge on any atom is 0.204 e. The first kappa shape index (κ1) is 19.2. The lowest BCUT2D eigenvalue weighted by Crippen LogP contribution is -2.31. The van der Waals surface area contributed by atoms with Gasteiger partial charge in [0.1, 0.15) is 0 Å². The number of fused-ring (bicyclic) bond motifs is 1. The van der Waals surface area contributed by atoms with Crippen LogP contribution in [0.2, 0.25) is 0 Å². The third kappa shape index (κ3) is 4.68. The summed E-state index contributed by atoms with van der Waals surface area (Å²) in [6.07, 6.45) is 5.37. The summed E-state index contributed by atoms with van der Waals surface area (Å²) >= 11 is 0. The highest BCUT2D eigenvalue weighted by atomic mass is 16.5. The minimum absolute atomic E-state index is 0.651. The van der Waals surface area contributed by atoms with Gasteiger partial charge in [0.15, 0.2) is 0 Å². The van der Waals surface area contributed by atoms with Gasteiger partial charge in [-0.2, -0.15) is 5.21 Å². The third-order valence-electron chi connectivity index (χ3n) is 6.93. The van der Waals surface area contributed by atoms with Gasteiger partial charge >= 0.3 is 0 Å². The lowest BCUT2D eigenvalue weighted by Gasteiger charge is -2.26. The Bertz CT molecular complexity index is 746. The number of aromatic amines is 1. The van der Waals surface area contributed by atoms with Crippen LogP contribution in [0.5, 0.6) is 0 Å². The number of nitrogens with one attached hydrogen (secondary N) is 1. The molecule has 7 nitrogen and oxygen atoms in total. The van der Waals surface area contributed by atoms with Gasteiger partial charge < -0.3 is 9.64 Å². The van der Waals surface area contributed by atoms with Crippen LogP contribution in [0.4, 0.5) is 0 Å². The highest BCUT2D eigenvalue weighted by Gasteiger charge is 2.55. The number of H-pyrrole nitrogens is 1. The quantitative estimate of drug-likeness (QED) is 0.657. The van der Waals surface area contributed by atoms with Gasteiger partial charge in [-0.05, 0) is 60.9 Å². The topological polar surface area (TPSA) is 70.2 Å². The van der Waals surface area contributed by atoms with Crippen LogP contribution < -0.4 is 0 Å². The van der Waals surface area contributed by atoms with Crippen LogP contribution in [-0.4, -0.2) is 76.4 Å². The molecule has 1 saturated carbocycles. The van der Waals surface area contributed by atoms with E-state index in [0.717, 1.165) is 43.1 Å². The molecule has 156 valence electrons. The van der Waals surface area contributed by atoms with E-state index in [1.54, 1.807) is 0 Å². The molecule has 3 heterocycles. The first-order valence-corrected chi connectivity index (χ1v) is 11.2. The Labute approximate surface area is 172 Å². The molecule has 3 fully saturated rings. The van der Waals surface area contributed by atoms with E-state index in [2.05, 4.69) is 54.7 Å². The van der Waals surface area contributed by atoms with Crippen molar-refractivity contribution in [2.45, 2.75) is 32.2 Å². The smallest absolute Gasteiger partial charge is 0.204 e. The van der Waals surface area contributed by atoms with Crippen LogP contribution >= 0.6 is 0 Å². The zero-order valence-corrected chi connectivity index (χ0v) is 17.2. The SMILES string of the molecule is c1cc(-c2nn[nH]n2)ccc1CN1CC2C(COCCCN3CCCCC3)C2C1. The summed E-state index contributed by atoms with van der Waals surface area (Å²) in [7, 11) is 0. The molecule has 0 bridgehead atoms. The Kier molecular flexibility index (Phi) is 5.88. The second kappa shape index (κ2) is 8.90. The molecule has 2 atom stereocenters. The molecule has 1 aromatic carbocycles. The van der Waals surface area contributed by atoms with Crippen molar-refractivity contribution in [3.05, 3.63) is 29.8 Å². The zero-order chi connectivity index (χ0) is 19.5. The van der Waals surface area contributed by atoms with Crippen molar-refractivity contribution < 1.29 is 4.74 Å². The lowest BCUT2D eigenvalue weighted by atomic mass is 10.1. The van der Waals surface area contributed by atoms with Crippen LogP contribution in [0, 0.1) is 17.8 Å². The normalized spacial score (nSPS) is 27.2. The monoisotopic (exact) mass is 396 g/mol. The van der Waals surface area contributed by atoms with Gasteiger partial charge in [0.05, 0.1) is 6.61 Å². The highest BCUT2D eigenvalue weighted by Crippen LogP contribution is 2.52. The minimum Gasteiger partial charge on any atom is -0.381 e. The fraction of sp³-hybridized carbons (Fsp3) is 0.682. The molecule has 2 aliphatic heterocycles. The number of ether oxygens (including phenoxy) is 1. The van der Waals surface area contributed by atoms with Crippen LogP contribution in [0.15, 0.2) is 24.3 Å². The van der Waals surface area contributed by atoms with Crippen LogP contribution in [-0.2, 0) is 11.3 Å². The Hall–Kier alpha value is -1.83. The Morgan fingerprint density at radius 2 is 1.79 bits per heavy atom. The third-order valence-corrected chi connectivity index (χ3v) is 6.93. The molecular formula is C22H32N6O. The summed E-state index contributed by atoms with van der Waals surface area (Å²) in [5, 5.41) is 14.2. The van der Waals surface area contributed by atoms with Crippen molar-refractivity contribution in [1.82, 2.24) is 30.4 Å². The van der Waals surface area contributed by atoms with Crippen molar-refractivity contribution in [3.8, 4) is 11.4 Å². The van der Waals surface area contributed by atoms with Gasteiger partial charge in [-0.25, -0.2) is 0 Å². The average Bonchev–Trinajstić information content (AvgIpc) is 3.15. The van der Waals surface area contributed by atoms with Gasteiger partial charge in [0.2, 0.25) is 5.82 Å². The van der Waals surface area contributed by atoms with Gasteiger partial charge in [-0.1, -0.05) is 30.7 Å². The molecule has 2 saturated heterocycles. The molecule has 7 heteroatoms. The number of benzene rings is 1. The summed E-state index contributed by atoms with van der Waals surface area (Å²) in [5.74, 6) is 3.17. The lowest BCUT2D eigenvalue weighted by molar-refractivity contribution is 0.0967. The van der Waals surface area contributed by atoms with Gasteiger partial charge in [0.25, 0.3) is 0 Å². The molecule has 1 aliphatic carbocycles. The Balaban J connectivity index is 0.976. The van der Waals surface area contributed by atoms with E-state index < -0.39 is 0 Å². The summed E-state index contributed by atoms with van der Waals surface area (Å²) < 4.78 is 6.02. The maximum atomic E-state index is 6.02. The average molecular weight is 397 g/mol. The standard InChI is InChI=1S/C22H32N6O/c1-2-9-27(10-3-1)11-4-12-29-16-21-19-14-28(15-20(19)21)13-17-5-7-18(8-6-17)22-23-25-26-24-22/h5-8,19-21H,1-4,9-16H2,(H,23,24,25,26). The van der Waals surface area contributed by atoms with Gasteiger partial charge in [0, 0.05) is 38.3 Å². The fourth-order valence-corrected chi connectivity index (χ4v) is 5.21. The van der Waals surface area contributed by atoms with Crippen LogP contribution in [0.3, 0.4) is 0 Å². The van der Waals surface area contributed by atoms with E-state index in [1.807, 2.05) is 0 Å². The van der Waals surface area contributed by atoms with E-state index in [9.17, 15) is 0 Å². The summed E-state index contributed by atoms with van der Waals surface area (Å²) in [5.41, 5.74) is 2.35. The number of rotatable bonds is 9. The fourth-order valence-electron chi connectivity index (χ4n) is 5.21. The van der Waals surface area contributed by atoms with E-state index in [4.69, 9.17) is 4.74 Å². The van der Waals surface area contributed by atoms with Crippen molar-refractivity contribution in [3.63, 3.8) is 0 Å². The van der Waals surface area contributed by atoms with E-state index in [-0.39, 0.29) is 0 Å². The molecule has 1 N–H and O–H groups in total. The minimum atomic E-state index is 0.651. The maximum absolute atomic E-state index is 6.02. The molecule has 2 aromatic rings. The zero-order valence-electron chi connectivity index (χ0n) is 17.2. The molecule has 3 aliphatic rings. The predicted molar refractivity (Wildman–Crippen MR) is 111 cm³/mol. The van der Waals surface area contributed by atoms with Crippen molar-refractivity contribution in [1.29, 1.82) is 0 Å². The molecule has 1 aromatic heterocycles. The van der Waals surface area contributed by atoms with Gasteiger partial charge in [-0.3, -0.25) is 4.90 Å². The molecule has 0 spiro atoms. The number of hydrogen-bond acceptors (Lipinski definition) is 6. The summed E-state index contributed by atoms with van der Waals surface area (Å²) in [6.45, 7) is 9.19. The number of aromatic nitrogens is 4. The summed E-state index contributed by atoms with van der Waals surface area (Å²) in [4.78, 5) is 5.19. The second-order valence-electron chi connectivity index (χ2n) is 8.95. The number of piperidine rings is 2. The summed E-state index contributed by atoms with van der Waals surface area (Å²) in [6, 6.07) is 8.52. The van der Waals surface area contributed by atoms with E-state index >= 15 is 0 Å². The Morgan fingerprint density at radius 3 is 2.52 bits per heavy atom. The molecular weight excluding hydrogens is 364 g/mol. The number of nitrogens with zero attached hydrogens (tertiary/aromatic N) is 5. The predicted octanol–water partition coefficient (Wildman–Crippen LogP) is 2.44. The number of likely N-dealkylation sites (tertiary alicyclic amines) is 2. The number of tetrazole rings is 1. The van der Waals surface area contributed by atoms with E-state index in [1.165, 1.54) is 64.0 Å². The van der Waals surface area contributed by atoms with Gasteiger partial charge in [-0.15, -0.1) is 10.2 Å². The highest BCUT2D eigenvalue weighted by molar-refractivity contribution is 5.54. The molecule has 29 heavy (non-hydrogen) atoms. The largest absolute Gasteiger partial charge is 0.381 e. The second-order valence-corrected chi connectivity index (χ2v) is 8.95. The van der Waals surface area contributed by atoms with E-state index in [0.29, 0.717) is 5.82 Å². The molecule has 2 unspecified atom stereocenters. The van der Waals surface area contributed by atoms with Crippen molar-refractivity contribution in [2.75, 3.05) is 45.9 Å². The van der Waals surface area contributed by atoms with Crippen LogP contribution in [0.1, 0.15) is 31.2 Å². The van der Waals surface area contributed by atoms with Crippen molar-refractivity contribution >= 4 is 0 Å². The molecule has 0 amide bonds. The first-order chi connectivity index (χ1) is 14.4. The first-order valence-electron chi connectivity index (χ1n) is 11.2. The molecule has 0 radical (unpaired) electrons. The van der Waals surface area contributed by atoms with Crippen LogP contribution in [0.25, 0.3) is 11.4 Å². The molecule has 5 rings (SSSR count). The Morgan fingerprint density at radius 1 is 1.00 bits per heavy atom. The number of hydrogen-bond donors (Lipinski definition) is 1.